The van der Waals surface area contributed by atoms with Crippen LogP contribution in [0.3, 0.4) is 0 Å². The van der Waals surface area contributed by atoms with E-state index in [1.165, 1.54) is 0 Å². The van der Waals surface area contributed by atoms with Gasteiger partial charge in [-0.25, -0.2) is 4.98 Å². The Morgan fingerprint density at radius 1 is 0.967 bits per heavy atom. The van der Waals surface area contributed by atoms with Gasteiger partial charge in [-0.05, 0) is 62.0 Å². The van der Waals surface area contributed by atoms with Crippen LogP contribution in [-0.4, -0.2) is 43.0 Å². The highest BCUT2D eigenvalue weighted by molar-refractivity contribution is 7.22. The normalized spacial score (nSPS) is 11.5. The zero-order valence-electron chi connectivity index (χ0n) is 17.8. The molecule has 0 aliphatic heterocycles. The van der Waals surface area contributed by atoms with Crippen LogP contribution in [-0.2, 0) is 11.2 Å². The second-order valence-corrected chi connectivity index (χ2v) is 8.94. The van der Waals surface area contributed by atoms with Gasteiger partial charge in [0.05, 0.1) is 16.6 Å². The molecule has 0 N–H and O–H groups in total. The van der Waals surface area contributed by atoms with Crippen LogP contribution in [0.25, 0.3) is 21.0 Å². The SMILES string of the molecule is Cc1cccc2sc(N(CCCN(C)C)C(=O)Cc3cccc4ccccc34)nc12. The van der Waals surface area contributed by atoms with Gasteiger partial charge in [0, 0.05) is 6.54 Å². The predicted molar refractivity (Wildman–Crippen MR) is 128 cm³/mol. The van der Waals surface area contributed by atoms with Crippen LogP contribution < -0.4 is 4.90 Å². The number of rotatable bonds is 7. The summed E-state index contributed by atoms with van der Waals surface area (Å²) in [6.45, 7) is 3.67. The van der Waals surface area contributed by atoms with Gasteiger partial charge in [-0.2, -0.15) is 0 Å². The first-order valence-electron chi connectivity index (χ1n) is 10.3. The highest BCUT2D eigenvalue weighted by Gasteiger charge is 2.21. The average molecular weight is 418 g/mol. The van der Waals surface area contributed by atoms with Crippen molar-refractivity contribution in [3.05, 3.63) is 71.8 Å². The van der Waals surface area contributed by atoms with Gasteiger partial charge < -0.3 is 4.90 Å². The summed E-state index contributed by atoms with van der Waals surface area (Å²) in [6, 6.07) is 20.6. The van der Waals surface area contributed by atoms with Gasteiger partial charge in [0.2, 0.25) is 5.91 Å². The standard InChI is InChI=1S/C25H27N3OS/c1-18-9-6-14-22-24(18)26-25(30-22)28(16-8-15-27(2)3)23(29)17-20-12-7-11-19-10-4-5-13-21(19)20/h4-7,9-14H,8,15-17H2,1-3H3. The van der Waals surface area contributed by atoms with E-state index in [0.29, 0.717) is 13.0 Å². The Hall–Kier alpha value is -2.76. The Morgan fingerprint density at radius 3 is 2.53 bits per heavy atom. The van der Waals surface area contributed by atoms with Crippen molar-refractivity contribution in [1.82, 2.24) is 9.88 Å². The van der Waals surface area contributed by atoms with Gasteiger partial charge in [-0.15, -0.1) is 0 Å². The lowest BCUT2D eigenvalue weighted by Crippen LogP contribution is -2.34. The molecule has 0 fully saturated rings. The summed E-state index contributed by atoms with van der Waals surface area (Å²) in [4.78, 5) is 22.4. The summed E-state index contributed by atoms with van der Waals surface area (Å²) in [6.07, 6.45) is 1.28. The number of para-hydroxylation sites is 1. The summed E-state index contributed by atoms with van der Waals surface area (Å²) >= 11 is 1.60. The van der Waals surface area contributed by atoms with Crippen molar-refractivity contribution >= 4 is 43.4 Å². The van der Waals surface area contributed by atoms with E-state index in [2.05, 4.69) is 62.3 Å². The molecule has 0 bridgehead atoms. The van der Waals surface area contributed by atoms with Crippen molar-refractivity contribution in [2.24, 2.45) is 0 Å². The molecular weight excluding hydrogens is 390 g/mol. The Morgan fingerprint density at radius 2 is 1.73 bits per heavy atom. The van der Waals surface area contributed by atoms with E-state index in [4.69, 9.17) is 4.98 Å². The van der Waals surface area contributed by atoms with E-state index in [9.17, 15) is 4.79 Å². The lowest BCUT2D eigenvalue weighted by atomic mass is 10.0. The molecule has 0 radical (unpaired) electrons. The maximum absolute atomic E-state index is 13.5. The lowest BCUT2D eigenvalue weighted by molar-refractivity contribution is -0.118. The molecule has 0 aliphatic carbocycles. The topological polar surface area (TPSA) is 36.4 Å². The number of fused-ring (bicyclic) bond motifs is 2. The van der Waals surface area contributed by atoms with Gasteiger partial charge in [0.1, 0.15) is 0 Å². The molecule has 0 saturated carbocycles. The number of hydrogen-bond acceptors (Lipinski definition) is 4. The molecular formula is C25H27N3OS. The molecule has 4 nitrogen and oxygen atoms in total. The van der Waals surface area contributed by atoms with Crippen molar-refractivity contribution in [3.63, 3.8) is 0 Å². The number of thiazole rings is 1. The van der Waals surface area contributed by atoms with Gasteiger partial charge in [0.15, 0.2) is 5.13 Å². The van der Waals surface area contributed by atoms with Gasteiger partial charge in [0.25, 0.3) is 0 Å². The Kier molecular flexibility index (Phi) is 6.11. The zero-order chi connectivity index (χ0) is 21.1. The number of anilines is 1. The van der Waals surface area contributed by atoms with Gasteiger partial charge in [-0.3, -0.25) is 9.69 Å². The van der Waals surface area contributed by atoms with Crippen molar-refractivity contribution in [1.29, 1.82) is 0 Å². The molecule has 0 atom stereocenters. The molecule has 0 aliphatic rings. The van der Waals surface area contributed by atoms with Gasteiger partial charge >= 0.3 is 0 Å². The van der Waals surface area contributed by atoms with Crippen LogP contribution in [0.1, 0.15) is 17.5 Å². The third-order valence-electron chi connectivity index (χ3n) is 5.35. The molecule has 1 aromatic heterocycles. The number of benzene rings is 3. The van der Waals surface area contributed by atoms with E-state index >= 15 is 0 Å². The van der Waals surface area contributed by atoms with Crippen molar-refractivity contribution in [3.8, 4) is 0 Å². The molecule has 0 unspecified atom stereocenters. The minimum atomic E-state index is 0.0989. The number of amides is 1. The van der Waals surface area contributed by atoms with Crippen LogP contribution in [0.4, 0.5) is 5.13 Å². The summed E-state index contributed by atoms with van der Waals surface area (Å²) in [5, 5.41) is 3.10. The number of carbonyl (C=O) groups is 1. The fourth-order valence-electron chi connectivity index (χ4n) is 3.77. The first kappa shape index (κ1) is 20.5. The summed E-state index contributed by atoms with van der Waals surface area (Å²) in [5.41, 5.74) is 3.20. The Balaban J connectivity index is 1.65. The van der Waals surface area contributed by atoms with Crippen LogP contribution in [0.2, 0.25) is 0 Å². The van der Waals surface area contributed by atoms with Crippen LogP contribution in [0.15, 0.2) is 60.7 Å². The molecule has 4 aromatic rings. The summed E-state index contributed by atoms with van der Waals surface area (Å²) < 4.78 is 1.13. The Labute approximate surface area is 181 Å². The number of aryl methyl sites for hydroxylation is 1. The van der Waals surface area contributed by atoms with Crippen molar-refractivity contribution in [2.45, 2.75) is 19.8 Å². The molecule has 4 rings (SSSR count). The first-order chi connectivity index (χ1) is 14.5. The van der Waals surface area contributed by atoms with Crippen LogP contribution in [0.5, 0.6) is 0 Å². The molecule has 1 heterocycles. The summed E-state index contributed by atoms with van der Waals surface area (Å²) in [5.74, 6) is 0.0989. The lowest BCUT2D eigenvalue weighted by Gasteiger charge is -2.21. The third kappa shape index (κ3) is 4.37. The number of nitrogens with zero attached hydrogens (tertiary/aromatic N) is 3. The molecule has 30 heavy (non-hydrogen) atoms. The molecule has 0 saturated heterocycles. The van der Waals surface area contributed by atoms with Crippen LogP contribution >= 0.6 is 11.3 Å². The first-order valence-corrected chi connectivity index (χ1v) is 11.1. The van der Waals surface area contributed by atoms with Gasteiger partial charge in [-0.1, -0.05) is 65.9 Å². The second-order valence-electron chi connectivity index (χ2n) is 7.94. The molecule has 0 spiro atoms. The molecule has 1 amide bonds. The number of aromatic nitrogens is 1. The maximum atomic E-state index is 13.5. The highest BCUT2D eigenvalue weighted by Crippen LogP contribution is 2.31. The number of hydrogen-bond donors (Lipinski definition) is 0. The second kappa shape index (κ2) is 8.94. The van der Waals surface area contributed by atoms with Crippen molar-refractivity contribution in [2.75, 3.05) is 32.1 Å². The molecule has 5 heteroatoms. The highest BCUT2D eigenvalue weighted by atomic mass is 32.1. The fraction of sp³-hybridized carbons (Fsp3) is 0.280. The van der Waals surface area contributed by atoms with E-state index in [0.717, 1.165) is 50.2 Å². The smallest absolute Gasteiger partial charge is 0.233 e. The Bertz CT molecular complexity index is 1180. The predicted octanol–water partition coefficient (Wildman–Crippen LogP) is 5.29. The largest absolute Gasteiger partial charge is 0.309 e. The maximum Gasteiger partial charge on any atom is 0.233 e. The minimum Gasteiger partial charge on any atom is -0.309 e. The average Bonchev–Trinajstić information content (AvgIpc) is 3.16. The zero-order valence-corrected chi connectivity index (χ0v) is 18.6. The fourth-order valence-corrected chi connectivity index (χ4v) is 4.85. The van der Waals surface area contributed by atoms with E-state index in [1.54, 1.807) is 11.3 Å². The summed E-state index contributed by atoms with van der Waals surface area (Å²) in [7, 11) is 4.12. The van der Waals surface area contributed by atoms with E-state index in [1.807, 2.05) is 29.2 Å². The van der Waals surface area contributed by atoms with E-state index in [-0.39, 0.29) is 5.91 Å². The van der Waals surface area contributed by atoms with E-state index < -0.39 is 0 Å². The quantitative estimate of drug-likeness (QED) is 0.410. The van der Waals surface area contributed by atoms with Crippen LogP contribution in [0, 0.1) is 6.92 Å². The minimum absolute atomic E-state index is 0.0989. The van der Waals surface area contributed by atoms with Crippen molar-refractivity contribution < 1.29 is 4.79 Å². The molecule has 3 aromatic carbocycles. The third-order valence-corrected chi connectivity index (χ3v) is 6.39. The molecule has 154 valence electrons. The monoisotopic (exact) mass is 417 g/mol. The number of carbonyl (C=O) groups excluding carboxylic acids is 1.